The molecule has 0 bridgehead atoms. The van der Waals surface area contributed by atoms with Crippen LogP contribution >= 0.6 is 0 Å². The molecule has 2 amide bonds. The van der Waals surface area contributed by atoms with Crippen LogP contribution in [-0.2, 0) is 0 Å². The molecular weight excluding hydrogens is 304 g/mol. The van der Waals surface area contributed by atoms with Gasteiger partial charge in [0.05, 0.1) is 11.1 Å². The fraction of sp³-hybridized carbons (Fsp3) is 0.250. The smallest absolute Gasteiger partial charge is 0.257 e. The molecule has 3 rings (SSSR count). The second kappa shape index (κ2) is 6.20. The van der Waals surface area contributed by atoms with Crippen molar-refractivity contribution in [3.05, 3.63) is 59.4 Å². The van der Waals surface area contributed by atoms with Crippen LogP contribution < -0.4 is 0 Å². The summed E-state index contributed by atoms with van der Waals surface area (Å²) in [6.45, 7) is 1.27. The summed E-state index contributed by atoms with van der Waals surface area (Å²) in [5, 5.41) is 0. The molecule has 0 spiro atoms. The molecule has 1 aliphatic heterocycles. The van der Waals surface area contributed by atoms with Gasteiger partial charge in [-0.1, -0.05) is 0 Å². The molecule has 7 heteroatoms. The van der Waals surface area contributed by atoms with Crippen molar-refractivity contribution >= 4 is 11.8 Å². The van der Waals surface area contributed by atoms with E-state index in [0.717, 1.165) is 18.2 Å². The maximum absolute atomic E-state index is 13.7. The van der Waals surface area contributed by atoms with Gasteiger partial charge in [0.1, 0.15) is 11.6 Å². The van der Waals surface area contributed by atoms with Gasteiger partial charge in [0.15, 0.2) is 0 Å². The quantitative estimate of drug-likeness (QED) is 0.919. The summed E-state index contributed by atoms with van der Waals surface area (Å²) in [5.41, 5.74) is 0.274. The Morgan fingerprint density at radius 1 is 0.957 bits per heavy atom. The average molecular weight is 319 g/mol. The first-order valence-corrected chi connectivity index (χ1v) is 7.22. The first-order chi connectivity index (χ1) is 11.1. The van der Waals surface area contributed by atoms with Crippen molar-refractivity contribution in [2.24, 2.45) is 0 Å². The Balaban J connectivity index is 1.66. The molecule has 1 N–H and O–H groups in total. The number of nitrogens with zero attached hydrogens (tertiary/aromatic N) is 2. The van der Waals surface area contributed by atoms with Gasteiger partial charge in [-0.25, -0.2) is 8.78 Å². The van der Waals surface area contributed by atoms with Gasteiger partial charge in [-0.2, -0.15) is 0 Å². The molecule has 0 atom stereocenters. The summed E-state index contributed by atoms with van der Waals surface area (Å²) >= 11 is 0. The predicted molar refractivity (Wildman–Crippen MR) is 79.0 cm³/mol. The second-order valence-electron chi connectivity index (χ2n) is 5.31. The van der Waals surface area contributed by atoms with E-state index in [4.69, 9.17) is 0 Å². The van der Waals surface area contributed by atoms with Gasteiger partial charge in [0.2, 0.25) is 0 Å². The SMILES string of the molecule is O=C(c1cc[nH]c1)N1CCN(C(=O)c2cc(F)ccc2F)CC1. The van der Waals surface area contributed by atoms with Crippen LogP contribution in [0.15, 0.2) is 36.7 Å². The highest BCUT2D eigenvalue weighted by atomic mass is 19.1. The standard InChI is InChI=1S/C16H15F2N3O2/c17-12-1-2-14(18)13(9-12)16(23)21-7-5-20(6-8-21)15(22)11-3-4-19-10-11/h1-4,9-10,19H,5-8H2. The molecule has 5 nitrogen and oxygen atoms in total. The molecule has 1 fully saturated rings. The highest BCUT2D eigenvalue weighted by molar-refractivity contribution is 5.96. The Bertz CT molecular complexity index is 723. The summed E-state index contributed by atoms with van der Waals surface area (Å²) < 4.78 is 26.9. The monoisotopic (exact) mass is 319 g/mol. The predicted octanol–water partition coefficient (Wildman–Crippen LogP) is 1.89. The van der Waals surface area contributed by atoms with Gasteiger partial charge in [0, 0.05) is 38.6 Å². The lowest BCUT2D eigenvalue weighted by Gasteiger charge is -2.34. The molecule has 0 aliphatic carbocycles. The van der Waals surface area contributed by atoms with E-state index >= 15 is 0 Å². The average Bonchev–Trinajstić information content (AvgIpc) is 3.10. The van der Waals surface area contributed by atoms with Gasteiger partial charge in [-0.15, -0.1) is 0 Å². The van der Waals surface area contributed by atoms with E-state index < -0.39 is 17.5 Å². The minimum Gasteiger partial charge on any atom is -0.367 e. The molecule has 2 heterocycles. The maximum atomic E-state index is 13.7. The number of hydrogen-bond donors (Lipinski definition) is 1. The van der Waals surface area contributed by atoms with Crippen LogP contribution in [0.3, 0.4) is 0 Å². The fourth-order valence-electron chi connectivity index (χ4n) is 2.58. The van der Waals surface area contributed by atoms with Gasteiger partial charge in [-0.3, -0.25) is 9.59 Å². The van der Waals surface area contributed by atoms with Gasteiger partial charge in [0.25, 0.3) is 11.8 Å². The van der Waals surface area contributed by atoms with E-state index in [9.17, 15) is 18.4 Å². The topological polar surface area (TPSA) is 56.4 Å². The third-order valence-corrected chi connectivity index (χ3v) is 3.86. The number of H-pyrrole nitrogens is 1. The van der Waals surface area contributed by atoms with Crippen LogP contribution in [0.5, 0.6) is 0 Å². The minimum atomic E-state index is -0.748. The van der Waals surface area contributed by atoms with E-state index in [-0.39, 0.29) is 24.6 Å². The van der Waals surface area contributed by atoms with E-state index in [1.54, 1.807) is 23.4 Å². The number of aromatic nitrogens is 1. The van der Waals surface area contributed by atoms with Crippen LogP contribution in [0, 0.1) is 11.6 Å². The minimum absolute atomic E-state index is 0.115. The third kappa shape index (κ3) is 3.08. The van der Waals surface area contributed by atoms with Gasteiger partial charge < -0.3 is 14.8 Å². The molecular formula is C16H15F2N3O2. The lowest BCUT2D eigenvalue weighted by Crippen LogP contribution is -2.50. The van der Waals surface area contributed by atoms with E-state index in [0.29, 0.717) is 18.7 Å². The zero-order chi connectivity index (χ0) is 16.4. The number of benzene rings is 1. The maximum Gasteiger partial charge on any atom is 0.257 e. The summed E-state index contributed by atoms with van der Waals surface area (Å²) in [7, 11) is 0. The Kier molecular flexibility index (Phi) is 4.10. The first-order valence-electron chi connectivity index (χ1n) is 7.22. The molecule has 23 heavy (non-hydrogen) atoms. The van der Waals surface area contributed by atoms with Crippen molar-refractivity contribution in [1.82, 2.24) is 14.8 Å². The number of halogens is 2. The number of hydrogen-bond acceptors (Lipinski definition) is 2. The van der Waals surface area contributed by atoms with Crippen molar-refractivity contribution in [2.75, 3.05) is 26.2 Å². The normalized spacial score (nSPS) is 14.9. The summed E-state index contributed by atoms with van der Waals surface area (Å²) in [6, 6.07) is 4.49. The van der Waals surface area contributed by atoms with E-state index in [2.05, 4.69) is 4.98 Å². The van der Waals surface area contributed by atoms with Crippen LogP contribution in [0.2, 0.25) is 0 Å². The molecule has 2 aromatic rings. The molecule has 0 radical (unpaired) electrons. The first kappa shape index (κ1) is 15.2. The molecule has 1 saturated heterocycles. The second-order valence-corrected chi connectivity index (χ2v) is 5.31. The Morgan fingerprint density at radius 3 is 2.22 bits per heavy atom. The molecule has 120 valence electrons. The summed E-state index contributed by atoms with van der Waals surface area (Å²) in [5.74, 6) is -2.08. The Hall–Kier alpha value is -2.70. The van der Waals surface area contributed by atoms with Crippen molar-refractivity contribution < 1.29 is 18.4 Å². The molecule has 0 unspecified atom stereocenters. The largest absolute Gasteiger partial charge is 0.367 e. The highest BCUT2D eigenvalue weighted by Crippen LogP contribution is 2.15. The summed E-state index contributed by atoms with van der Waals surface area (Å²) in [4.78, 5) is 30.4. The van der Waals surface area contributed by atoms with Crippen LogP contribution in [0.25, 0.3) is 0 Å². The van der Waals surface area contributed by atoms with Crippen LogP contribution in [0.4, 0.5) is 8.78 Å². The molecule has 1 aliphatic rings. The molecule has 1 aromatic carbocycles. The van der Waals surface area contributed by atoms with Crippen LogP contribution in [-0.4, -0.2) is 52.8 Å². The van der Waals surface area contributed by atoms with Crippen molar-refractivity contribution in [1.29, 1.82) is 0 Å². The van der Waals surface area contributed by atoms with E-state index in [1.807, 2.05) is 0 Å². The number of carbonyl (C=O) groups excluding carboxylic acids is 2. The van der Waals surface area contributed by atoms with Crippen molar-refractivity contribution in [2.45, 2.75) is 0 Å². The van der Waals surface area contributed by atoms with Gasteiger partial charge >= 0.3 is 0 Å². The molecule has 1 aromatic heterocycles. The molecule has 0 saturated carbocycles. The highest BCUT2D eigenvalue weighted by Gasteiger charge is 2.27. The summed E-state index contributed by atoms with van der Waals surface area (Å²) in [6.07, 6.45) is 3.28. The number of nitrogens with one attached hydrogen (secondary N) is 1. The van der Waals surface area contributed by atoms with Gasteiger partial charge in [-0.05, 0) is 24.3 Å². The van der Waals surface area contributed by atoms with Crippen LogP contribution in [0.1, 0.15) is 20.7 Å². The number of aromatic amines is 1. The zero-order valence-corrected chi connectivity index (χ0v) is 12.3. The van der Waals surface area contributed by atoms with E-state index in [1.165, 1.54) is 4.90 Å². The van der Waals surface area contributed by atoms with Crippen molar-refractivity contribution in [3.8, 4) is 0 Å². The lowest BCUT2D eigenvalue weighted by molar-refractivity contribution is 0.0532. The fourth-order valence-corrected chi connectivity index (χ4v) is 2.58. The third-order valence-electron chi connectivity index (χ3n) is 3.86. The lowest BCUT2D eigenvalue weighted by atomic mass is 10.1. The number of piperazine rings is 1. The zero-order valence-electron chi connectivity index (χ0n) is 12.3. The Labute approximate surface area is 131 Å². The Morgan fingerprint density at radius 2 is 1.61 bits per heavy atom. The van der Waals surface area contributed by atoms with Crippen molar-refractivity contribution in [3.63, 3.8) is 0 Å². The number of carbonyl (C=O) groups is 2. The number of amides is 2. The number of rotatable bonds is 2.